The summed E-state index contributed by atoms with van der Waals surface area (Å²) in [6.45, 7) is 7.20. The SMILES string of the molecule is Cc1ccc(S(=O)(=O)OCCOCCOCCOCCOCCOCCOCCOCCOCC(=O)O)cc1. The number of benzene rings is 1. The number of ether oxygens (including phenoxy) is 8. The molecule has 0 bridgehead atoms. The Morgan fingerprint density at radius 2 is 0.872 bits per heavy atom. The van der Waals surface area contributed by atoms with Gasteiger partial charge in [-0.1, -0.05) is 17.7 Å². The minimum absolute atomic E-state index is 0.0655. The largest absolute Gasteiger partial charge is 0.480 e. The highest BCUT2D eigenvalue weighted by atomic mass is 32.2. The Bertz CT molecular complexity index is 818. The van der Waals surface area contributed by atoms with E-state index in [1.165, 1.54) is 12.1 Å². The van der Waals surface area contributed by atoms with Gasteiger partial charge in [0.05, 0.1) is 111 Å². The molecule has 14 heteroatoms. The number of hydrogen-bond donors (Lipinski definition) is 1. The Kier molecular flexibility index (Phi) is 21.8. The fraction of sp³-hybridized carbons (Fsp3) is 0.720. The van der Waals surface area contributed by atoms with Gasteiger partial charge in [0, 0.05) is 0 Å². The van der Waals surface area contributed by atoms with Crippen LogP contribution >= 0.6 is 0 Å². The fourth-order valence-corrected chi connectivity index (χ4v) is 3.57. The Morgan fingerprint density at radius 3 is 1.21 bits per heavy atom. The molecule has 226 valence electrons. The van der Waals surface area contributed by atoms with Gasteiger partial charge in [-0.25, -0.2) is 4.79 Å². The maximum atomic E-state index is 12.0. The van der Waals surface area contributed by atoms with Gasteiger partial charge in [-0.15, -0.1) is 0 Å². The van der Waals surface area contributed by atoms with Gasteiger partial charge in [0.15, 0.2) is 0 Å². The summed E-state index contributed by atoms with van der Waals surface area (Å²) >= 11 is 0. The molecule has 1 aromatic carbocycles. The van der Waals surface area contributed by atoms with E-state index in [0.29, 0.717) is 85.9 Å². The number of aliphatic carboxylic acids is 1. The average molecular weight is 583 g/mol. The average Bonchev–Trinajstić information content (AvgIpc) is 2.90. The summed E-state index contributed by atoms with van der Waals surface area (Å²) in [5.41, 5.74) is 0.970. The highest BCUT2D eigenvalue weighted by Gasteiger charge is 2.14. The Morgan fingerprint density at radius 1 is 0.564 bits per heavy atom. The number of carbonyl (C=O) groups is 1. The summed E-state index contributed by atoms with van der Waals surface area (Å²) in [5.74, 6) is -1.00. The topological polar surface area (TPSA) is 155 Å². The van der Waals surface area contributed by atoms with Crippen LogP contribution in [-0.2, 0) is 57.0 Å². The quantitative estimate of drug-likeness (QED) is 0.110. The molecule has 1 rings (SSSR count). The normalized spacial score (nSPS) is 11.7. The molecule has 0 fully saturated rings. The van der Waals surface area contributed by atoms with Crippen molar-refractivity contribution in [1.82, 2.24) is 0 Å². The Labute approximate surface area is 230 Å². The zero-order valence-corrected chi connectivity index (χ0v) is 23.4. The number of carboxylic acids is 1. The molecule has 0 unspecified atom stereocenters. The fourth-order valence-electron chi connectivity index (χ4n) is 2.67. The number of aryl methyl sites for hydroxylation is 1. The van der Waals surface area contributed by atoms with Crippen LogP contribution in [0.4, 0.5) is 0 Å². The minimum atomic E-state index is -3.77. The van der Waals surface area contributed by atoms with Crippen LogP contribution in [-0.4, -0.2) is 132 Å². The van der Waals surface area contributed by atoms with E-state index in [1.54, 1.807) is 12.1 Å². The van der Waals surface area contributed by atoms with Crippen LogP contribution in [0.3, 0.4) is 0 Å². The van der Waals surface area contributed by atoms with E-state index >= 15 is 0 Å². The summed E-state index contributed by atoms with van der Waals surface area (Å²) in [7, 11) is -3.77. The van der Waals surface area contributed by atoms with E-state index in [4.69, 9.17) is 47.2 Å². The molecule has 1 aromatic rings. The minimum Gasteiger partial charge on any atom is -0.480 e. The van der Waals surface area contributed by atoms with Crippen LogP contribution in [0.2, 0.25) is 0 Å². The van der Waals surface area contributed by atoms with Gasteiger partial charge in [0.1, 0.15) is 6.61 Å². The molecule has 0 aliphatic carbocycles. The van der Waals surface area contributed by atoms with Gasteiger partial charge in [0.25, 0.3) is 10.1 Å². The van der Waals surface area contributed by atoms with E-state index in [0.717, 1.165) is 5.56 Å². The third kappa shape index (κ3) is 21.7. The second kappa shape index (κ2) is 24.1. The van der Waals surface area contributed by atoms with Gasteiger partial charge in [-0.2, -0.15) is 8.42 Å². The van der Waals surface area contributed by atoms with Gasteiger partial charge < -0.3 is 43.0 Å². The lowest BCUT2D eigenvalue weighted by Crippen LogP contribution is -2.16. The molecule has 0 saturated heterocycles. The molecule has 0 saturated carbocycles. The zero-order valence-electron chi connectivity index (χ0n) is 22.6. The molecule has 1 N–H and O–H groups in total. The summed E-state index contributed by atoms with van der Waals surface area (Å²) in [6, 6.07) is 6.45. The zero-order chi connectivity index (χ0) is 28.4. The monoisotopic (exact) mass is 582 g/mol. The van der Waals surface area contributed by atoms with Crippen molar-refractivity contribution in [2.24, 2.45) is 0 Å². The van der Waals surface area contributed by atoms with Crippen molar-refractivity contribution in [1.29, 1.82) is 0 Å². The van der Waals surface area contributed by atoms with Gasteiger partial charge in [-0.05, 0) is 19.1 Å². The van der Waals surface area contributed by atoms with E-state index < -0.39 is 16.1 Å². The first-order valence-electron chi connectivity index (χ1n) is 12.7. The maximum absolute atomic E-state index is 12.0. The number of hydrogen-bond acceptors (Lipinski definition) is 12. The Balaban J connectivity index is 1.73. The number of carboxylic acid groups (broad SMARTS) is 1. The predicted molar refractivity (Wildman–Crippen MR) is 139 cm³/mol. The van der Waals surface area contributed by atoms with Crippen LogP contribution in [0.25, 0.3) is 0 Å². The molecule has 0 aliphatic rings. The summed E-state index contributed by atoms with van der Waals surface area (Å²) in [5, 5.41) is 8.40. The molecule has 0 aliphatic heterocycles. The Hall–Kier alpha value is -1.72. The van der Waals surface area contributed by atoms with Crippen LogP contribution in [0, 0.1) is 6.92 Å². The third-order valence-corrected chi connectivity index (χ3v) is 5.93. The lowest BCUT2D eigenvalue weighted by atomic mass is 10.2. The molecule has 0 radical (unpaired) electrons. The molecule has 0 spiro atoms. The smallest absolute Gasteiger partial charge is 0.329 e. The molecule has 0 atom stereocenters. The first-order chi connectivity index (χ1) is 18.9. The van der Waals surface area contributed by atoms with E-state index in [-0.39, 0.29) is 31.3 Å². The first kappa shape index (κ1) is 35.3. The standard InChI is InChI=1S/C25H42O13S/c1-23-2-4-24(5-3-23)39(28,29)38-21-20-36-17-16-34-13-12-32-9-8-30-6-7-31-10-11-33-14-15-35-18-19-37-22-25(26)27/h2-5H,6-22H2,1H3,(H,26,27). The van der Waals surface area contributed by atoms with Crippen LogP contribution in [0.15, 0.2) is 29.2 Å². The lowest BCUT2D eigenvalue weighted by Gasteiger charge is -2.09. The second-order valence-electron chi connectivity index (χ2n) is 7.82. The molecule has 0 amide bonds. The predicted octanol–water partition coefficient (Wildman–Crippen LogP) is 0.918. The van der Waals surface area contributed by atoms with Crippen molar-refractivity contribution in [3.63, 3.8) is 0 Å². The highest BCUT2D eigenvalue weighted by molar-refractivity contribution is 7.86. The van der Waals surface area contributed by atoms with Gasteiger partial charge in [0.2, 0.25) is 0 Å². The molecular weight excluding hydrogens is 540 g/mol. The lowest BCUT2D eigenvalue weighted by molar-refractivity contribution is -0.142. The van der Waals surface area contributed by atoms with Crippen molar-refractivity contribution in [3.05, 3.63) is 29.8 Å². The summed E-state index contributed by atoms with van der Waals surface area (Å²) in [4.78, 5) is 10.4. The number of rotatable bonds is 28. The molecular formula is C25H42O13S. The molecule has 0 aromatic heterocycles. The highest BCUT2D eigenvalue weighted by Crippen LogP contribution is 2.12. The summed E-state index contributed by atoms with van der Waals surface area (Å²) in [6.07, 6.45) is 0. The molecule has 13 nitrogen and oxygen atoms in total. The third-order valence-electron chi connectivity index (χ3n) is 4.61. The molecule has 39 heavy (non-hydrogen) atoms. The van der Waals surface area contributed by atoms with Crippen molar-refractivity contribution < 1.29 is 60.4 Å². The van der Waals surface area contributed by atoms with E-state index in [1.807, 2.05) is 6.92 Å². The second-order valence-corrected chi connectivity index (χ2v) is 9.44. The van der Waals surface area contributed by atoms with Crippen LogP contribution < -0.4 is 0 Å². The van der Waals surface area contributed by atoms with Crippen molar-refractivity contribution >= 4 is 16.1 Å². The first-order valence-corrected chi connectivity index (χ1v) is 14.1. The summed E-state index contributed by atoms with van der Waals surface area (Å²) < 4.78 is 71.3. The maximum Gasteiger partial charge on any atom is 0.329 e. The van der Waals surface area contributed by atoms with Crippen molar-refractivity contribution in [2.75, 3.05) is 112 Å². The molecule has 0 heterocycles. The van der Waals surface area contributed by atoms with Crippen molar-refractivity contribution in [2.45, 2.75) is 11.8 Å². The van der Waals surface area contributed by atoms with Crippen LogP contribution in [0.1, 0.15) is 5.56 Å². The van der Waals surface area contributed by atoms with Gasteiger partial charge >= 0.3 is 5.97 Å². The van der Waals surface area contributed by atoms with Crippen LogP contribution in [0.5, 0.6) is 0 Å². The van der Waals surface area contributed by atoms with Crippen molar-refractivity contribution in [3.8, 4) is 0 Å². The van der Waals surface area contributed by atoms with Gasteiger partial charge in [-0.3, -0.25) is 4.18 Å². The van der Waals surface area contributed by atoms with E-state index in [9.17, 15) is 13.2 Å². The van der Waals surface area contributed by atoms with E-state index in [2.05, 4.69) is 0 Å².